The highest BCUT2D eigenvalue weighted by molar-refractivity contribution is 5.94. The maximum Gasteiger partial charge on any atom is 0.131 e. The molecule has 3 nitrogen and oxygen atoms in total. The molecular weight excluding hydrogens is 1240 g/mol. The first-order chi connectivity index (χ1) is 49.8. The van der Waals surface area contributed by atoms with Crippen molar-refractivity contribution in [3.05, 3.63) is 438 Å². The number of hydrogen-bond donors (Lipinski definition) is 0. The van der Waals surface area contributed by atoms with Crippen LogP contribution >= 0.6 is 0 Å². The third kappa shape index (κ3) is 10.7. The molecule has 0 heterocycles. The van der Waals surface area contributed by atoms with Crippen molar-refractivity contribution >= 4 is 29.2 Å². The summed E-state index contributed by atoms with van der Waals surface area (Å²) in [4.78, 5) is 2.37. The number of nitrogens with zero attached hydrogens (tertiary/aromatic N) is 1. The third-order valence-corrected chi connectivity index (χ3v) is 20.3. The van der Waals surface area contributed by atoms with Crippen molar-refractivity contribution in [3.8, 4) is 89.8 Å². The predicted octanol–water partition coefficient (Wildman–Crippen LogP) is 25.7. The first-order valence-corrected chi connectivity index (χ1v) is 34.0. The molecule has 0 amide bonds. The average Bonchev–Trinajstić information content (AvgIpc) is 1.57. The molecule has 0 aromatic heterocycles. The quantitative estimate of drug-likeness (QED) is 0.0907. The van der Waals surface area contributed by atoms with E-state index in [9.17, 15) is 0 Å². The average molecular weight is 1300 g/mol. The molecule has 17 rings (SSSR count). The van der Waals surface area contributed by atoms with Crippen LogP contribution in [0.2, 0.25) is 0 Å². The SMILES string of the molecule is C=Cc1ccc(Oc2ccc(C3(c4ccc(F)c(-c5ccccc5)c4)c4ccccc4-c4ccc(N(c5ccc(-c6ccccc6-c6ccccc6)cc5)c5ccc6c(c5)C(c5ccc(Oc7ccc(C=C)cc7)cc5)(c5ccc(F)c(-c7ccccc7)c5)c5ccccc5-6)cc43)cc2)cc1. The highest BCUT2D eigenvalue weighted by atomic mass is 19.1. The minimum Gasteiger partial charge on any atom is -0.457 e. The zero-order chi connectivity index (χ0) is 68.0. The van der Waals surface area contributed by atoms with Crippen molar-refractivity contribution in [1.29, 1.82) is 0 Å². The Morgan fingerprint density at radius 1 is 0.248 bits per heavy atom. The van der Waals surface area contributed by atoms with E-state index in [0.717, 1.165) is 128 Å². The van der Waals surface area contributed by atoms with E-state index in [1.807, 2.05) is 170 Å². The molecule has 2 unspecified atom stereocenters. The molecule has 0 fully saturated rings. The summed E-state index contributed by atoms with van der Waals surface area (Å²) in [6.45, 7) is 7.89. The van der Waals surface area contributed by atoms with E-state index in [1.165, 1.54) is 0 Å². The zero-order valence-electron chi connectivity index (χ0n) is 55.2. The van der Waals surface area contributed by atoms with Gasteiger partial charge in [-0.15, -0.1) is 0 Å². The largest absolute Gasteiger partial charge is 0.457 e. The third-order valence-electron chi connectivity index (χ3n) is 20.3. The zero-order valence-corrected chi connectivity index (χ0v) is 55.2. The fraction of sp³-hybridized carbons (Fsp3) is 0.0208. The molecule has 101 heavy (non-hydrogen) atoms. The summed E-state index contributed by atoms with van der Waals surface area (Å²) in [5, 5.41) is 0. The van der Waals surface area contributed by atoms with Gasteiger partial charge >= 0.3 is 0 Å². The van der Waals surface area contributed by atoms with Crippen LogP contribution in [0.3, 0.4) is 0 Å². The fourth-order valence-electron chi connectivity index (χ4n) is 15.6. The summed E-state index contributed by atoms with van der Waals surface area (Å²) in [6.07, 6.45) is 3.64. The highest BCUT2D eigenvalue weighted by Crippen LogP contribution is 2.61. The molecule has 5 heteroatoms. The Labute approximate surface area is 587 Å². The first-order valence-electron chi connectivity index (χ1n) is 34.0. The lowest BCUT2D eigenvalue weighted by atomic mass is 9.67. The van der Waals surface area contributed by atoms with Crippen LogP contribution in [0.5, 0.6) is 23.0 Å². The van der Waals surface area contributed by atoms with E-state index in [1.54, 1.807) is 12.1 Å². The van der Waals surface area contributed by atoms with Crippen LogP contribution in [-0.2, 0) is 10.8 Å². The number of rotatable bonds is 17. The van der Waals surface area contributed by atoms with Gasteiger partial charge in [-0.05, 0) is 220 Å². The maximum absolute atomic E-state index is 16.8. The number of ether oxygens (including phenoxy) is 2. The summed E-state index contributed by atoms with van der Waals surface area (Å²) in [5.74, 6) is 2.13. The smallest absolute Gasteiger partial charge is 0.131 e. The number of benzene rings is 15. The topological polar surface area (TPSA) is 21.7 Å². The Balaban J connectivity index is 0.900. The van der Waals surface area contributed by atoms with Gasteiger partial charge in [0.05, 0.1) is 10.8 Å². The summed E-state index contributed by atoms with van der Waals surface area (Å²) in [6, 6.07) is 123. The molecular formula is C96H65F2NO2. The Bertz CT molecular complexity index is 5330. The minimum absolute atomic E-state index is 0.312. The van der Waals surface area contributed by atoms with Gasteiger partial charge in [0.25, 0.3) is 0 Å². The molecule has 15 aromatic rings. The van der Waals surface area contributed by atoms with Crippen LogP contribution in [0.4, 0.5) is 25.8 Å². The molecule has 0 N–H and O–H groups in total. The van der Waals surface area contributed by atoms with Gasteiger partial charge in [0.2, 0.25) is 0 Å². The molecule has 0 saturated carbocycles. The minimum atomic E-state index is -1.00. The van der Waals surface area contributed by atoms with E-state index >= 15 is 8.78 Å². The van der Waals surface area contributed by atoms with Crippen molar-refractivity contribution < 1.29 is 18.3 Å². The molecule has 0 aliphatic heterocycles. The van der Waals surface area contributed by atoms with Crippen LogP contribution in [-0.4, -0.2) is 0 Å². The molecule has 2 aliphatic rings. The molecule has 15 aromatic carbocycles. The number of hydrogen-bond acceptors (Lipinski definition) is 3. The molecule has 0 radical (unpaired) electrons. The van der Waals surface area contributed by atoms with Gasteiger partial charge in [-0.25, -0.2) is 8.78 Å². The van der Waals surface area contributed by atoms with Gasteiger partial charge in [-0.2, -0.15) is 0 Å². The Morgan fingerprint density at radius 2 is 0.554 bits per heavy atom. The van der Waals surface area contributed by atoms with E-state index in [2.05, 4.69) is 206 Å². The summed E-state index contributed by atoms with van der Waals surface area (Å²) >= 11 is 0. The summed E-state index contributed by atoms with van der Waals surface area (Å²) < 4.78 is 46.7. The first kappa shape index (κ1) is 61.6. The fourth-order valence-corrected chi connectivity index (χ4v) is 15.6. The monoisotopic (exact) mass is 1300 g/mol. The number of fused-ring (bicyclic) bond motifs is 6. The number of anilines is 3. The molecule has 2 aliphatic carbocycles. The van der Waals surface area contributed by atoms with Crippen molar-refractivity contribution in [2.45, 2.75) is 10.8 Å². The second-order valence-corrected chi connectivity index (χ2v) is 25.8. The molecule has 480 valence electrons. The van der Waals surface area contributed by atoms with Crippen molar-refractivity contribution in [3.63, 3.8) is 0 Å². The lowest BCUT2D eigenvalue weighted by Crippen LogP contribution is -2.29. The van der Waals surface area contributed by atoms with E-state index in [0.29, 0.717) is 34.1 Å². The lowest BCUT2D eigenvalue weighted by molar-refractivity contribution is 0.482. The van der Waals surface area contributed by atoms with Crippen molar-refractivity contribution in [2.75, 3.05) is 4.90 Å². The number of halogens is 2. The van der Waals surface area contributed by atoms with E-state index in [-0.39, 0.29) is 11.6 Å². The standard InChI is InChI=1S/C96H65F2NO2/c1-3-64-32-48-77(49-33-64)100-79-52-38-70(39-53-79)95(72-42-58-93(97)87(60-72)67-22-10-6-11-23-67)89-30-18-16-28-83(89)85-56-46-75(62-91(85)95)99(74-44-36-69(37-45-74)82-27-15-14-26-81(82)66-20-8-5-9-21-66)76-47-57-86-84-29-17-19-31-90(84)96(92(86)63-76,73-43-59-94(98)88(61-73)68-24-12-7-13-25-68)71-40-54-80(55-41-71)101-78-50-34-65(4-2)35-51-78/h3-63H,1-2H2. The Kier molecular flexibility index (Phi) is 15.7. The van der Waals surface area contributed by atoms with Crippen LogP contribution < -0.4 is 14.4 Å². The second-order valence-electron chi connectivity index (χ2n) is 25.8. The van der Waals surface area contributed by atoms with Crippen molar-refractivity contribution in [2.24, 2.45) is 0 Å². The van der Waals surface area contributed by atoms with Gasteiger partial charge in [0, 0.05) is 28.2 Å². The van der Waals surface area contributed by atoms with Gasteiger partial charge < -0.3 is 14.4 Å². The van der Waals surface area contributed by atoms with Gasteiger partial charge in [0.15, 0.2) is 0 Å². The molecule has 2 atom stereocenters. The van der Waals surface area contributed by atoms with E-state index in [4.69, 9.17) is 9.47 Å². The van der Waals surface area contributed by atoms with Crippen molar-refractivity contribution in [1.82, 2.24) is 0 Å². The van der Waals surface area contributed by atoms with Crippen LogP contribution in [0, 0.1) is 11.6 Å². The molecule has 0 saturated heterocycles. The van der Waals surface area contributed by atoms with Gasteiger partial charge in [-0.1, -0.05) is 274 Å². The van der Waals surface area contributed by atoms with Crippen LogP contribution in [0.25, 0.3) is 78.9 Å². The summed E-state index contributed by atoms with van der Waals surface area (Å²) in [7, 11) is 0. The maximum atomic E-state index is 16.8. The highest BCUT2D eigenvalue weighted by Gasteiger charge is 2.49. The summed E-state index contributed by atoms with van der Waals surface area (Å²) in [5.41, 5.74) is 21.9. The van der Waals surface area contributed by atoms with Gasteiger partial charge in [-0.3, -0.25) is 0 Å². The van der Waals surface area contributed by atoms with Crippen LogP contribution in [0.15, 0.2) is 371 Å². The van der Waals surface area contributed by atoms with Gasteiger partial charge in [0.1, 0.15) is 34.6 Å². The Hall–Kier alpha value is -13.0. The van der Waals surface area contributed by atoms with Crippen LogP contribution in [0.1, 0.15) is 55.6 Å². The molecule has 0 bridgehead atoms. The molecule has 0 spiro atoms. The Morgan fingerprint density at radius 3 is 0.941 bits per heavy atom. The normalized spacial score (nSPS) is 14.6. The van der Waals surface area contributed by atoms with E-state index < -0.39 is 10.8 Å². The second kappa shape index (κ2) is 25.8. The predicted molar refractivity (Wildman–Crippen MR) is 411 cm³/mol. The lowest BCUT2D eigenvalue weighted by Gasteiger charge is -2.36.